The Morgan fingerprint density at radius 1 is 1.39 bits per heavy atom. The number of benzene rings is 1. The average Bonchev–Trinajstić information content (AvgIpc) is 2.96. The molecule has 5 nitrogen and oxygen atoms in total. The van der Waals surface area contributed by atoms with Crippen LogP contribution in [0.1, 0.15) is 23.3 Å². The Morgan fingerprint density at radius 2 is 2.13 bits per heavy atom. The monoisotopic (exact) mass is 380 g/mol. The third kappa shape index (κ3) is 3.45. The van der Waals surface area contributed by atoms with Gasteiger partial charge in [0.25, 0.3) is 5.91 Å². The van der Waals surface area contributed by atoms with E-state index in [-0.39, 0.29) is 11.7 Å². The first-order valence-electron chi connectivity index (χ1n) is 7.56. The van der Waals surface area contributed by atoms with Crippen molar-refractivity contribution in [1.29, 1.82) is 0 Å². The third-order valence-electron chi connectivity index (χ3n) is 4.08. The maximum atomic E-state index is 13.0. The molecule has 1 aromatic heterocycles. The van der Waals surface area contributed by atoms with Gasteiger partial charge in [0.1, 0.15) is 5.82 Å². The van der Waals surface area contributed by atoms with Crippen LogP contribution in [0, 0.1) is 5.82 Å². The fourth-order valence-electron chi connectivity index (χ4n) is 2.77. The minimum atomic E-state index is -0.303. The van der Waals surface area contributed by atoms with Crippen molar-refractivity contribution >= 4 is 21.8 Å². The van der Waals surface area contributed by atoms with E-state index in [1.165, 1.54) is 12.1 Å². The summed E-state index contributed by atoms with van der Waals surface area (Å²) in [5, 5.41) is 7.60. The van der Waals surface area contributed by atoms with Crippen molar-refractivity contribution in [1.82, 2.24) is 20.0 Å². The van der Waals surface area contributed by atoms with E-state index in [4.69, 9.17) is 0 Å². The molecule has 7 heteroatoms. The molecule has 1 amide bonds. The zero-order valence-corrected chi connectivity index (χ0v) is 14.4. The molecule has 1 aromatic carbocycles. The Hall–Kier alpha value is -1.73. The lowest BCUT2D eigenvalue weighted by Crippen LogP contribution is -2.47. The number of nitrogens with zero attached hydrogens (tertiary/aromatic N) is 3. The van der Waals surface area contributed by atoms with Gasteiger partial charge in [-0.2, -0.15) is 5.10 Å². The van der Waals surface area contributed by atoms with E-state index in [0.717, 1.165) is 19.4 Å². The number of halogens is 2. The summed E-state index contributed by atoms with van der Waals surface area (Å²) in [7, 11) is 1.91. The van der Waals surface area contributed by atoms with Gasteiger partial charge in [-0.1, -0.05) is 0 Å². The van der Waals surface area contributed by atoms with Crippen LogP contribution in [0.3, 0.4) is 0 Å². The molecule has 23 heavy (non-hydrogen) atoms. The lowest BCUT2D eigenvalue weighted by molar-refractivity contribution is 0.0691. The van der Waals surface area contributed by atoms with Crippen LogP contribution >= 0.6 is 15.9 Å². The molecule has 1 saturated heterocycles. The highest BCUT2D eigenvalue weighted by Gasteiger charge is 2.26. The summed E-state index contributed by atoms with van der Waals surface area (Å²) in [4.78, 5) is 14.5. The standard InChI is InChI=1S/C16H18BrFN4O/c1-19-12-3-2-8-21(9-12)16(23)15-14(17)10-22(20-15)13-6-4-11(18)5-7-13/h4-7,10,12,19H,2-3,8-9H2,1H3. The highest BCUT2D eigenvalue weighted by atomic mass is 79.9. The number of likely N-dealkylation sites (N-methyl/N-ethyl adjacent to an activating group) is 1. The van der Waals surface area contributed by atoms with E-state index in [1.807, 2.05) is 11.9 Å². The molecule has 0 spiro atoms. The molecule has 1 atom stereocenters. The molecule has 1 fully saturated rings. The molecule has 1 aliphatic heterocycles. The zero-order chi connectivity index (χ0) is 16.4. The molecule has 1 unspecified atom stereocenters. The van der Waals surface area contributed by atoms with Crippen molar-refractivity contribution in [2.24, 2.45) is 0 Å². The lowest BCUT2D eigenvalue weighted by Gasteiger charge is -2.32. The number of piperidine rings is 1. The Kier molecular flexibility index (Phi) is 4.77. The molecule has 1 N–H and O–H groups in total. The molecule has 0 saturated carbocycles. The normalized spacial score (nSPS) is 18.2. The molecular formula is C16H18BrFN4O. The summed E-state index contributed by atoms with van der Waals surface area (Å²) in [6.45, 7) is 1.43. The Labute approximate surface area is 142 Å². The van der Waals surface area contributed by atoms with E-state index >= 15 is 0 Å². The maximum Gasteiger partial charge on any atom is 0.275 e. The molecule has 1 aliphatic rings. The van der Waals surface area contributed by atoms with Gasteiger partial charge in [-0.3, -0.25) is 4.79 Å². The Morgan fingerprint density at radius 3 is 2.83 bits per heavy atom. The zero-order valence-electron chi connectivity index (χ0n) is 12.8. The minimum absolute atomic E-state index is 0.0855. The fourth-order valence-corrected chi connectivity index (χ4v) is 3.21. The number of hydrogen-bond acceptors (Lipinski definition) is 3. The van der Waals surface area contributed by atoms with Crippen LogP contribution in [0.25, 0.3) is 5.69 Å². The topological polar surface area (TPSA) is 50.2 Å². The van der Waals surface area contributed by atoms with Crippen LogP contribution in [0.4, 0.5) is 4.39 Å². The molecule has 3 rings (SSSR count). The van der Waals surface area contributed by atoms with Gasteiger partial charge < -0.3 is 10.2 Å². The van der Waals surface area contributed by atoms with Gasteiger partial charge in [0.05, 0.1) is 10.2 Å². The molecule has 0 aliphatic carbocycles. The van der Waals surface area contributed by atoms with E-state index in [0.29, 0.717) is 28.4 Å². The van der Waals surface area contributed by atoms with Crippen LogP contribution in [-0.4, -0.2) is 46.8 Å². The van der Waals surface area contributed by atoms with E-state index in [2.05, 4.69) is 26.3 Å². The van der Waals surface area contributed by atoms with Gasteiger partial charge in [-0.05, 0) is 60.1 Å². The summed E-state index contributed by atoms with van der Waals surface area (Å²) < 4.78 is 15.2. The van der Waals surface area contributed by atoms with Gasteiger partial charge >= 0.3 is 0 Å². The van der Waals surface area contributed by atoms with Crippen molar-refractivity contribution in [2.45, 2.75) is 18.9 Å². The summed E-state index contributed by atoms with van der Waals surface area (Å²) in [5.74, 6) is -0.389. The molecule has 2 heterocycles. The van der Waals surface area contributed by atoms with Crippen LogP contribution in [0.2, 0.25) is 0 Å². The summed E-state index contributed by atoms with van der Waals surface area (Å²) in [6.07, 6.45) is 3.78. The van der Waals surface area contributed by atoms with Gasteiger partial charge in [-0.25, -0.2) is 9.07 Å². The Balaban J connectivity index is 1.83. The van der Waals surface area contributed by atoms with Crippen molar-refractivity contribution in [2.75, 3.05) is 20.1 Å². The number of nitrogens with one attached hydrogen (secondary N) is 1. The van der Waals surface area contributed by atoms with E-state index in [9.17, 15) is 9.18 Å². The first-order valence-corrected chi connectivity index (χ1v) is 8.35. The van der Waals surface area contributed by atoms with Gasteiger partial charge in [-0.15, -0.1) is 0 Å². The minimum Gasteiger partial charge on any atom is -0.336 e. The SMILES string of the molecule is CNC1CCCN(C(=O)c2nn(-c3ccc(F)cc3)cc2Br)C1. The fraction of sp³-hybridized carbons (Fsp3) is 0.375. The third-order valence-corrected chi connectivity index (χ3v) is 4.66. The predicted molar refractivity (Wildman–Crippen MR) is 89.2 cm³/mol. The number of carbonyl (C=O) groups excluding carboxylic acids is 1. The summed E-state index contributed by atoms with van der Waals surface area (Å²) in [5.41, 5.74) is 1.09. The molecule has 2 aromatic rings. The van der Waals surface area contributed by atoms with Crippen molar-refractivity contribution in [3.63, 3.8) is 0 Å². The highest BCUT2D eigenvalue weighted by Crippen LogP contribution is 2.21. The van der Waals surface area contributed by atoms with Crippen LogP contribution in [0.5, 0.6) is 0 Å². The van der Waals surface area contributed by atoms with Crippen LogP contribution in [-0.2, 0) is 0 Å². The molecular weight excluding hydrogens is 363 g/mol. The van der Waals surface area contributed by atoms with E-state index in [1.54, 1.807) is 23.0 Å². The van der Waals surface area contributed by atoms with Gasteiger partial charge in [0, 0.05) is 25.3 Å². The second-order valence-corrected chi connectivity index (χ2v) is 6.48. The first kappa shape index (κ1) is 16.1. The number of aromatic nitrogens is 2. The smallest absolute Gasteiger partial charge is 0.275 e. The molecule has 122 valence electrons. The van der Waals surface area contributed by atoms with E-state index < -0.39 is 0 Å². The van der Waals surface area contributed by atoms with Gasteiger partial charge in [0.15, 0.2) is 5.69 Å². The number of likely N-dealkylation sites (tertiary alicyclic amines) is 1. The highest BCUT2D eigenvalue weighted by molar-refractivity contribution is 9.10. The molecule has 0 radical (unpaired) electrons. The summed E-state index contributed by atoms with van der Waals surface area (Å²) in [6, 6.07) is 6.32. The maximum absolute atomic E-state index is 13.0. The van der Waals surface area contributed by atoms with Crippen molar-refractivity contribution in [3.8, 4) is 5.69 Å². The number of carbonyl (C=O) groups is 1. The van der Waals surface area contributed by atoms with Crippen molar-refractivity contribution < 1.29 is 9.18 Å². The predicted octanol–water partition coefficient (Wildman–Crippen LogP) is 2.60. The lowest BCUT2D eigenvalue weighted by atomic mass is 10.1. The van der Waals surface area contributed by atoms with Crippen LogP contribution in [0.15, 0.2) is 34.9 Å². The number of rotatable bonds is 3. The molecule has 0 bridgehead atoms. The second-order valence-electron chi connectivity index (χ2n) is 5.63. The number of amides is 1. The average molecular weight is 381 g/mol. The van der Waals surface area contributed by atoms with Crippen LogP contribution < -0.4 is 5.32 Å². The largest absolute Gasteiger partial charge is 0.336 e. The van der Waals surface area contributed by atoms with Gasteiger partial charge in [0.2, 0.25) is 0 Å². The quantitative estimate of drug-likeness (QED) is 0.890. The second kappa shape index (κ2) is 6.80. The Bertz CT molecular complexity index is 701. The number of hydrogen-bond donors (Lipinski definition) is 1. The summed E-state index contributed by atoms with van der Waals surface area (Å²) >= 11 is 3.41. The van der Waals surface area contributed by atoms with Crippen molar-refractivity contribution in [3.05, 3.63) is 46.4 Å². The first-order chi connectivity index (χ1) is 11.1.